The SMILES string of the molecule is CCOC(=O)Cc1ccccc1-c1cccc(-c2onc(C)c2N(C(=O)OCC)c2ccccc2Cl)c1. The molecular formula is C29H27ClN2O5. The maximum absolute atomic E-state index is 13.2. The van der Waals surface area contributed by atoms with Gasteiger partial charge in [0.05, 0.1) is 30.3 Å². The highest BCUT2D eigenvalue weighted by Crippen LogP contribution is 2.41. The van der Waals surface area contributed by atoms with Crippen molar-refractivity contribution in [2.75, 3.05) is 18.1 Å². The molecule has 0 radical (unpaired) electrons. The molecule has 7 nitrogen and oxygen atoms in total. The molecule has 37 heavy (non-hydrogen) atoms. The van der Waals surface area contributed by atoms with Crippen molar-refractivity contribution in [2.45, 2.75) is 27.2 Å². The predicted molar refractivity (Wildman–Crippen MR) is 143 cm³/mol. The summed E-state index contributed by atoms with van der Waals surface area (Å²) in [6.45, 7) is 5.79. The molecule has 190 valence electrons. The quantitative estimate of drug-likeness (QED) is 0.226. The molecule has 0 N–H and O–H groups in total. The lowest BCUT2D eigenvalue weighted by Crippen LogP contribution is -2.27. The molecule has 0 fully saturated rings. The average Bonchev–Trinajstić information content (AvgIpc) is 3.27. The largest absolute Gasteiger partial charge is 0.466 e. The average molecular weight is 519 g/mol. The first-order chi connectivity index (χ1) is 17.9. The number of hydrogen-bond acceptors (Lipinski definition) is 6. The lowest BCUT2D eigenvalue weighted by atomic mass is 9.95. The molecule has 0 aliphatic heterocycles. The van der Waals surface area contributed by atoms with Crippen molar-refractivity contribution < 1.29 is 23.6 Å². The van der Waals surface area contributed by atoms with Crippen LogP contribution in [0, 0.1) is 6.92 Å². The third-order valence-corrected chi connectivity index (χ3v) is 6.01. The normalized spacial score (nSPS) is 10.7. The molecule has 0 saturated heterocycles. The van der Waals surface area contributed by atoms with E-state index in [2.05, 4.69) is 5.16 Å². The van der Waals surface area contributed by atoms with E-state index in [1.165, 1.54) is 4.90 Å². The van der Waals surface area contributed by atoms with E-state index in [1.807, 2.05) is 48.5 Å². The van der Waals surface area contributed by atoms with E-state index in [1.54, 1.807) is 45.0 Å². The van der Waals surface area contributed by atoms with Gasteiger partial charge in [0.25, 0.3) is 0 Å². The molecule has 0 spiro atoms. The number of halogens is 1. The zero-order valence-corrected chi connectivity index (χ0v) is 21.6. The molecule has 0 bridgehead atoms. The number of esters is 1. The van der Waals surface area contributed by atoms with Crippen LogP contribution in [-0.2, 0) is 20.7 Å². The number of benzene rings is 3. The van der Waals surface area contributed by atoms with Gasteiger partial charge in [-0.25, -0.2) is 9.69 Å². The Morgan fingerprint density at radius 3 is 2.38 bits per heavy atom. The van der Waals surface area contributed by atoms with Gasteiger partial charge in [0.2, 0.25) is 0 Å². The Morgan fingerprint density at radius 1 is 0.919 bits per heavy atom. The molecule has 8 heteroatoms. The number of para-hydroxylation sites is 1. The van der Waals surface area contributed by atoms with Crippen LogP contribution in [0.1, 0.15) is 25.1 Å². The number of ether oxygens (including phenoxy) is 2. The standard InChI is InChI=1S/C29H27ClN2O5/c1-4-35-26(33)18-21-11-6-7-14-23(21)20-12-10-13-22(17-20)28-27(19(3)31-37-28)32(29(34)36-5-2)25-16-9-8-15-24(25)30/h6-17H,4-5,18H2,1-3H3. The van der Waals surface area contributed by atoms with Gasteiger partial charge in [-0.3, -0.25) is 4.79 Å². The van der Waals surface area contributed by atoms with Gasteiger partial charge in [-0.05, 0) is 55.7 Å². The Hall–Kier alpha value is -4.10. The van der Waals surface area contributed by atoms with Crippen molar-refractivity contribution in [1.82, 2.24) is 5.16 Å². The summed E-state index contributed by atoms with van der Waals surface area (Å²) in [5.74, 6) is 0.0965. The topological polar surface area (TPSA) is 81.9 Å². The van der Waals surface area contributed by atoms with Gasteiger partial charge in [0, 0.05) is 5.56 Å². The number of nitrogens with zero attached hydrogens (tertiary/aromatic N) is 2. The van der Waals surface area contributed by atoms with Gasteiger partial charge in [-0.1, -0.05) is 71.4 Å². The molecule has 0 unspecified atom stereocenters. The fraction of sp³-hybridized carbons (Fsp3) is 0.207. The van der Waals surface area contributed by atoms with E-state index >= 15 is 0 Å². The minimum atomic E-state index is -0.598. The van der Waals surface area contributed by atoms with Gasteiger partial charge in [0.15, 0.2) is 5.76 Å². The first kappa shape index (κ1) is 26.0. The maximum atomic E-state index is 13.2. The Balaban J connectivity index is 1.81. The molecule has 4 aromatic rings. The van der Waals surface area contributed by atoms with E-state index in [0.29, 0.717) is 40.0 Å². The van der Waals surface area contributed by atoms with Crippen molar-refractivity contribution in [1.29, 1.82) is 0 Å². The van der Waals surface area contributed by atoms with E-state index in [-0.39, 0.29) is 19.0 Å². The number of aromatic nitrogens is 1. The number of anilines is 2. The van der Waals surface area contributed by atoms with Crippen LogP contribution in [0.3, 0.4) is 0 Å². The Morgan fingerprint density at radius 2 is 1.62 bits per heavy atom. The van der Waals surface area contributed by atoms with Gasteiger partial charge in [0.1, 0.15) is 11.4 Å². The number of hydrogen-bond donors (Lipinski definition) is 0. The molecule has 0 atom stereocenters. The Kier molecular flexibility index (Phi) is 8.25. The first-order valence-electron chi connectivity index (χ1n) is 12.0. The van der Waals surface area contributed by atoms with Gasteiger partial charge in [-0.15, -0.1) is 0 Å². The third kappa shape index (κ3) is 5.67. The highest BCUT2D eigenvalue weighted by atomic mass is 35.5. The number of rotatable bonds is 8. The van der Waals surface area contributed by atoms with Crippen LogP contribution in [-0.4, -0.2) is 30.4 Å². The number of aryl methyl sites for hydroxylation is 1. The summed E-state index contributed by atoms with van der Waals surface area (Å²) in [5.41, 5.74) is 4.68. The van der Waals surface area contributed by atoms with Crippen molar-refractivity contribution in [2.24, 2.45) is 0 Å². The minimum absolute atomic E-state index is 0.157. The van der Waals surface area contributed by atoms with Crippen molar-refractivity contribution in [3.8, 4) is 22.5 Å². The smallest absolute Gasteiger partial charge is 0.419 e. The van der Waals surface area contributed by atoms with Crippen LogP contribution in [0.2, 0.25) is 5.02 Å². The molecule has 1 amide bonds. The van der Waals surface area contributed by atoms with Crippen LogP contribution < -0.4 is 4.90 Å². The number of carbonyl (C=O) groups is 2. The summed E-state index contributed by atoms with van der Waals surface area (Å²) in [5, 5.41) is 4.54. The van der Waals surface area contributed by atoms with E-state index < -0.39 is 6.09 Å². The molecule has 1 aromatic heterocycles. The number of amides is 1. The maximum Gasteiger partial charge on any atom is 0.419 e. The van der Waals surface area contributed by atoms with E-state index in [4.69, 9.17) is 25.6 Å². The van der Waals surface area contributed by atoms with Crippen LogP contribution in [0.5, 0.6) is 0 Å². The van der Waals surface area contributed by atoms with Crippen LogP contribution >= 0.6 is 11.6 Å². The molecule has 0 aliphatic carbocycles. The van der Waals surface area contributed by atoms with Crippen LogP contribution in [0.4, 0.5) is 16.2 Å². The van der Waals surface area contributed by atoms with E-state index in [0.717, 1.165) is 16.7 Å². The highest BCUT2D eigenvalue weighted by Gasteiger charge is 2.30. The second kappa shape index (κ2) is 11.8. The molecule has 0 saturated carbocycles. The predicted octanol–water partition coefficient (Wildman–Crippen LogP) is 7.37. The van der Waals surface area contributed by atoms with Crippen LogP contribution in [0.15, 0.2) is 77.3 Å². The summed E-state index contributed by atoms with van der Waals surface area (Å²) in [7, 11) is 0. The van der Waals surface area contributed by atoms with E-state index in [9.17, 15) is 9.59 Å². The second-order valence-electron chi connectivity index (χ2n) is 8.15. The summed E-state index contributed by atoms with van der Waals surface area (Å²) in [4.78, 5) is 26.7. The number of carbonyl (C=O) groups excluding carboxylic acids is 2. The summed E-state index contributed by atoms with van der Waals surface area (Å²) >= 11 is 6.48. The fourth-order valence-electron chi connectivity index (χ4n) is 4.10. The molecule has 0 aliphatic rings. The lowest BCUT2D eigenvalue weighted by molar-refractivity contribution is -0.142. The van der Waals surface area contributed by atoms with Crippen molar-refractivity contribution >= 4 is 35.0 Å². The fourth-order valence-corrected chi connectivity index (χ4v) is 4.32. The van der Waals surface area contributed by atoms with Crippen molar-refractivity contribution in [3.05, 3.63) is 89.1 Å². The van der Waals surface area contributed by atoms with Gasteiger partial charge in [-0.2, -0.15) is 0 Å². The third-order valence-electron chi connectivity index (χ3n) is 5.69. The summed E-state index contributed by atoms with van der Waals surface area (Å²) < 4.78 is 16.3. The van der Waals surface area contributed by atoms with Crippen LogP contribution in [0.25, 0.3) is 22.5 Å². The Bertz CT molecular complexity index is 1410. The summed E-state index contributed by atoms with van der Waals surface area (Å²) in [6.07, 6.45) is -0.441. The zero-order chi connectivity index (χ0) is 26.4. The second-order valence-corrected chi connectivity index (χ2v) is 8.56. The highest BCUT2D eigenvalue weighted by molar-refractivity contribution is 6.34. The van der Waals surface area contributed by atoms with Crippen molar-refractivity contribution in [3.63, 3.8) is 0 Å². The van der Waals surface area contributed by atoms with Gasteiger partial charge < -0.3 is 14.0 Å². The molecule has 4 rings (SSSR count). The lowest BCUT2D eigenvalue weighted by Gasteiger charge is -2.23. The molecular weight excluding hydrogens is 492 g/mol. The first-order valence-corrected chi connectivity index (χ1v) is 12.3. The minimum Gasteiger partial charge on any atom is -0.466 e. The Labute approximate surface area is 220 Å². The monoisotopic (exact) mass is 518 g/mol. The van der Waals surface area contributed by atoms with Gasteiger partial charge >= 0.3 is 12.1 Å². The zero-order valence-electron chi connectivity index (χ0n) is 20.9. The summed E-state index contributed by atoms with van der Waals surface area (Å²) in [6, 6.07) is 22.3. The molecule has 3 aromatic carbocycles. The molecule has 1 heterocycles.